The summed E-state index contributed by atoms with van der Waals surface area (Å²) >= 11 is 0. The van der Waals surface area contributed by atoms with Gasteiger partial charge < -0.3 is 5.32 Å². The number of hydrogen-bond acceptors (Lipinski definition) is 2. The first kappa shape index (κ1) is 11.6. The molecule has 0 spiro atoms. The predicted molar refractivity (Wildman–Crippen MR) is 66.3 cm³/mol. The number of aryl methyl sites for hydroxylation is 1. The van der Waals surface area contributed by atoms with Crippen LogP contribution in [0.1, 0.15) is 50.4 Å². The van der Waals surface area contributed by atoms with E-state index in [4.69, 9.17) is 0 Å². The molecule has 90 valence electrons. The molecule has 1 fully saturated rings. The van der Waals surface area contributed by atoms with Crippen molar-refractivity contribution in [1.29, 1.82) is 0 Å². The zero-order chi connectivity index (χ0) is 11.7. The number of rotatable bonds is 5. The minimum Gasteiger partial charge on any atom is -0.307 e. The molecule has 1 aliphatic carbocycles. The Morgan fingerprint density at radius 3 is 2.94 bits per heavy atom. The second-order valence-corrected chi connectivity index (χ2v) is 5.09. The number of nitrogens with zero attached hydrogens (tertiary/aromatic N) is 2. The molecule has 16 heavy (non-hydrogen) atoms. The molecule has 3 atom stereocenters. The van der Waals surface area contributed by atoms with Crippen LogP contribution < -0.4 is 5.32 Å². The molecule has 1 N–H and O–H groups in total. The molecular weight excluding hydrogens is 198 g/mol. The fourth-order valence-electron chi connectivity index (χ4n) is 2.49. The highest BCUT2D eigenvalue weighted by Gasteiger charge is 2.36. The Morgan fingerprint density at radius 1 is 1.62 bits per heavy atom. The molecule has 1 aromatic rings. The van der Waals surface area contributed by atoms with Crippen molar-refractivity contribution in [2.24, 2.45) is 13.0 Å². The van der Waals surface area contributed by atoms with Crippen LogP contribution in [0.2, 0.25) is 0 Å². The molecular formula is C13H23N3. The highest BCUT2D eigenvalue weighted by molar-refractivity contribution is 5.20. The van der Waals surface area contributed by atoms with E-state index in [0.717, 1.165) is 12.0 Å². The van der Waals surface area contributed by atoms with Gasteiger partial charge in [-0.1, -0.05) is 13.3 Å². The third-order valence-corrected chi connectivity index (χ3v) is 3.79. The van der Waals surface area contributed by atoms with Crippen molar-refractivity contribution in [2.45, 2.75) is 52.1 Å². The maximum absolute atomic E-state index is 4.30. The molecule has 1 aromatic heterocycles. The van der Waals surface area contributed by atoms with Gasteiger partial charge in [-0.25, -0.2) is 0 Å². The maximum Gasteiger partial charge on any atom is 0.0540 e. The summed E-state index contributed by atoms with van der Waals surface area (Å²) < 4.78 is 1.95. The Bertz CT molecular complexity index is 356. The lowest BCUT2D eigenvalue weighted by Gasteiger charge is -2.13. The predicted octanol–water partition coefficient (Wildman–Crippen LogP) is 2.57. The zero-order valence-electron chi connectivity index (χ0n) is 10.8. The van der Waals surface area contributed by atoms with Crippen LogP contribution in [0.25, 0.3) is 0 Å². The van der Waals surface area contributed by atoms with Crippen molar-refractivity contribution >= 4 is 0 Å². The fraction of sp³-hybridized carbons (Fsp3) is 0.769. The number of aromatic nitrogens is 2. The van der Waals surface area contributed by atoms with E-state index in [2.05, 4.69) is 31.2 Å². The molecule has 1 saturated carbocycles. The minimum atomic E-state index is 0.431. The van der Waals surface area contributed by atoms with Gasteiger partial charge in [0, 0.05) is 30.4 Å². The van der Waals surface area contributed by atoms with Crippen molar-refractivity contribution in [3.63, 3.8) is 0 Å². The normalized spacial score (nSPS) is 25.8. The van der Waals surface area contributed by atoms with Crippen LogP contribution in [-0.4, -0.2) is 15.8 Å². The van der Waals surface area contributed by atoms with E-state index >= 15 is 0 Å². The summed E-state index contributed by atoms with van der Waals surface area (Å²) in [6.45, 7) is 6.65. The fourth-order valence-corrected chi connectivity index (χ4v) is 2.49. The quantitative estimate of drug-likeness (QED) is 0.828. The Hall–Kier alpha value is -0.830. The summed E-state index contributed by atoms with van der Waals surface area (Å²) in [6, 6.07) is 1.18. The number of nitrogens with one attached hydrogen (secondary N) is 1. The van der Waals surface area contributed by atoms with Crippen molar-refractivity contribution in [2.75, 3.05) is 0 Å². The van der Waals surface area contributed by atoms with E-state index < -0.39 is 0 Å². The second-order valence-electron chi connectivity index (χ2n) is 5.09. The van der Waals surface area contributed by atoms with Gasteiger partial charge in [-0.05, 0) is 32.6 Å². The average molecular weight is 221 g/mol. The minimum absolute atomic E-state index is 0.431. The van der Waals surface area contributed by atoms with Crippen LogP contribution in [0.3, 0.4) is 0 Å². The molecule has 3 heteroatoms. The van der Waals surface area contributed by atoms with Crippen LogP contribution in [0, 0.1) is 12.8 Å². The van der Waals surface area contributed by atoms with Crippen molar-refractivity contribution < 1.29 is 0 Å². The van der Waals surface area contributed by atoms with Gasteiger partial charge in [-0.2, -0.15) is 5.10 Å². The van der Waals surface area contributed by atoms with E-state index in [0.29, 0.717) is 6.04 Å². The van der Waals surface area contributed by atoms with E-state index in [1.165, 1.54) is 30.5 Å². The lowest BCUT2D eigenvalue weighted by Crippen LogP contribution is -2.22. The topological polar surface area (TPSA) is 29.9 Å². The summed E-state index contributed by atoms with van der Waals surface area (Å²) in [5.74, 6) is 0.921. The monoisotopic (exact) mass is 221 g/mol. The van der Waals surface area contributed by atoms with E-state index in [1.54, 1.807) is 0 Å². The molecule has 1 aliphatic rings. The SMILES string of the molecule is CCCC1CC1NC(C)c1cnn(C)c1C. The first-order valence-corrected chi connectivity index (χ1v) is 6.38. The lowest BCUT2D eigenvalue weighted by molar-refractivity contribution is 0.527. The van der Waals surface area contributed by atoms with Crippen LogP contribution in [0.5, 0.6) is 0 Å². The first-order chi connectivity index (χ1) is 7.63. The van der Waals surface area contributed by atoms with Gasteiger partial charge in [0.25, 0.3) is 0 Å². The smallest absolute Gasteiger partial charge is 0.0540 e. The van der Waals surface area contributed by atoms with E-state index in [9.17, 15) is 0 Å². The van der Waals surface area contributed by atoms with Crippen molar-refractivity contribution in [3.8, 4) is 0 Å². The highest BCUT2D eigenvalue weighted by Crippen LogP contribution is 2.36. The molecule has 0 saturated heterocycles. The third kappa shape index (κ3) is 2.29. The van der Waals surface area contributed by atoms with Gasteiger partial charge in [0.15, 0.2) is 0 Å². The summed E-state index contributed by atoms with van der Waals surface area (Å²) in [4.78, 5) is 0. The molecule has 3 unspecified atom stereocenters. The van der Waals surface area contributed by atoms with Crippen LogP contribution >= 0.6 is 0 Å². The largest absolute Gasteiger partial charge is 0.307 e. The van der Waals surface area contributed by atoms with Gasteiger partial charge in [-0.15, -0.1) is 0 Å². The average Bonchev–Trinajstić information content (AvgIpc) is 2.87. The molecule has 0 bridgehead atoms. The Morgan fingerprint density at radius 2 is 2.38 bits per heavy atom. The summed E-state index contributed by atoms with van der Waals surface area (Å²) in [5, 5.41) is 8.00. The lowest BCUT2D eigenvalue weighted by atomic mass is 10.1. The molecule has 2 rings (SSSR count). The Balaban J connectivity index is 1.89. The molecule has 0 aromatic carbocycles. The van der Waals surface area contributed by atoms with Crippen molar-refractivity contribution in [1.82, 2.24) is 15.1 Å². The van der Waals surface area contributed by atoms with Gasteiger partial charge in [0.05, 0.1) is 6.20 Å². The summed E-state index contributed by atoms with van der Waals surface area (Å²) in [5.41, 5.74) is 2.61. The number of hydrogen-bond donors (Lipinski definition) is 1. The molecule has 0 aliphatic heterocycles. The molecule has 0 amide bonds. The maximum atomic E-state index is 4.30. The van der Waals surface area contributed by atoms with E-state index in [1.807, 2.05) is 17.9 Å². The van der Waals surface area contributed by atoms with Crippen LogP contribution in [0.4, 0.5) is 0 Å². The first-order valence-electron chi connectivity index (χ1n) is 6.38. The van der Waals surface area contributed by atoms with Crippen LogP contribution in [-0.2, 0) is 7.05 Å². The van der Waals surface area contributed by atoms with Crippen LogP contribution in [0.15, 0.2) is 6.20 Å². The molecule has 1 heterocycles. The summed E-state index contributed by atoms with van der Waals surface area (Å²) in [6.07, 6.45) is 6.03. The van der Waals surface area contributed by atoms with Crippen molar-refractivity contribution in [3.05, 3.63) is 17.5 Å². The standard InChI is InChI=1S/C13H23N3/c1-5-6-11-7-13(11)15-9(2)12-8-14-16(4)10(12)3/h8-9,11,13,15H,5-7H2,1-4H3. The van der Waals surface area contributed by atoms with Gasteiger partial charge in [0.1, 0.15) is 0 Å². The molecule has 0 radical (unpaired) electrons. The Labute approximate surface area is 98.2 Å². The van der Waals surface area contributed by atoms with E-state index in [-0.39, 0.29) is 0 Å². The summed E-state index contributed by atoms with van der Waals surface area (Å²) in [7, 11) is 2.00. The highest BCUT2D eigenvalue weighted by atomic mass is 15.3. The second kappa shape index (κ2) is 4.58. The van der Waals surface area contributed by atoms with Gasteiger partial charge in [-0.3, -0.25) is 4.68 Å². The van der Waals surface area contributed by atoms with Gasteiger partial charge >= 0.3 is 0 Å². The van der Waals surface area contributed by atoms with Gasteiger partial charge in [0.2, 0.25) is 0 Å². The molecule has 3 nitrogen and oxygen atoms in total. The zero-order valence-corrected chi connectivity index (χ0v) is 10.8. The Kier molecular flexibility index (Phi) is 3.33. The third-order valence-electron chi connectivity index (χ3n) is 3.79.